The molecule has 1 aromatic carbocycles. The van der Waals surface area contributed by atoms with E-state index in [0.29, 0.717) is 0 Å². The van der Waals surface area contributed by atoms with Crippen molar-refractivity contribution < 1.29 is 5.11 Å². The SMILES string of the molecule is CC(c1ccccc1Cl)N(C)Cc1sccc1C#CCO. The highest BCUT2D eigenvalue weighted by molar-refractivity contribution is 7.10. The van der Waals surface area contributed by atoms with Crippen molar-refractivity contribution in [2.45, 2.75) is 19.5 Å². The number of nitrogens with zero attached hydrogens (tertiary/aromatic N) is 1. The predicted octanol–water partition coefficient (Wildman–Crippen LogP) is 3.94. The number of benzene rings is 1. The molecule has 110 valence electrons. The lowest BCUT2D eigenvalue weighted by Crippen LogP contribution is -2.22. The first-order chi connectivity index (χ1) is 10.1. The molecule has 1 heterocycles. The van der Waals surface area contributed by atoms with Crippen molar-refractivity contribution in [2.75, 3.05) is 13.7 Å². The summed E-state index contributed by atoms with van der Waals surface area (Å²) >= 11 is 7.96. The van der Waals surface area contributed by atoms with Gasteiger partial charge < -0.3 is 5.11 Å². The van der Waals surface area contributed by atoms with Gasteiger partial charge in [-0.25, -0.2) is 0 Å². The number of rotatable bonds is 4. The Labute approximate surface area is 135 Å². The smallest absolute Gasteiger partial charge is 0.104 e. The summed E-state index contributed by atoms with van der Waals surface area (Å²) in [6.45, 7) is 2.84. The van der Waals surface area contributed by atoms with Crippen LogP contribution in [0.15, 0.2) is 35.7 Å². The van der Waals surface area contributed by atoms with Gasteiger partial charge in [0.1, 0.15) is 6.61 Å². The number of hydrogen-bond acceptors (Lipinski definition) is 3. The summed E-state index contributed by atoms with van der Waals surface area (Å²) in [6.07, 6.45) is 0. The van der Waals surface area contributed by atoms with Gasteiger partial charge in [0.05, 0.1) is 0 Å². The molecular weight excluding hydrogens is 302 g/mol. The van der Waals surface area contributed by atoms with Crippen LogP contribution in [-0.2, 0) is 6.54 Å². The molecule has 0 saturated carbocycles. The molecular formula is C17H18ClNOS. The van der Waals surface area contributed by atoms with E-state index in [2.05, 4.69) is 36.8 Å². The van der Waals surface area contributed by atoms with Crippen LogP contribution < -0.4 is 0 Å². The van der Waals surface area contributed by atoms with Crippen LogP contribution in [-0.4, -0.2) is 23.7 Å². The van der Waals surface area contributed by atoms with Gasteiger partial charge in [-0.3, -0.25) is 4.90 Å². The predicted molar refractivity (Wildman–Crippen MR) is 89.6 cm³/mol. The first-order valence-electron chi connectivity index (χ1n) is 6.74. The van der Waals surface area contributed by atoms with E-state index in [-0.39, 0.29) is 12.6 Å². The first-order valence-corrected chi connectivity index (χ1v) is 8.00. The molecule has 0 bridgehead atoms. The van der Waals surface area contributed by atoms with E-state index in [9.17, 15) is 0 Å². The molecule has 0 aliphatic rings. The highest BCUT2D eigenvalue weighted by Crippen LogP contribution is 2.28. The molecule has 1 aromatic heterocycles. The Hall–Kier alpha value is -1.31. The van der Waals surface area contributed by atoms with E-state index < -0.39 is 0 Å². The number of halogens is 1. The average molecular weight is 320 g/mol. The summed E-state index contributed by atoms with van der Waals surface area (Å²) in [4.78, 5) is 3.45. The molecule has 0 saturated heterocycles. The number of thiophene rings is 1. The molecule has 4 heteroatoms. The van der Waals surface area contributed by atoms with Crippen molar-refractivity contribution in [3.05, 3.63) is 56.7 Å². The van der Waals surface area contributed by atoms with Gasteiger partial charge in [-0.05, 0) is 37.0 Å². The Morgan fingerprint density at radius 2 is 2.10 bits per heavy atom. The van der Waals surface area contributed by atoms with Crippen molar-refractivity contribution in [2.24, 2.45) is 0 Å². The van der Waals surface area contributed by atoms with Gasteiger partial charge in [0.2, 0.25) is 0 Å². The first kappa shape index (κ1) is 16.1. The minimum absolute atomic E-state index is 0.110. The molecule has 2 nitrogen and oxygen atoms in total. The molecule has 0 aliphatic carbocycles. The van der Waals surface area contributed by atoms with E-state index in [1.165, 1.54) is 4.88 Å². The Morgan fingerprint density at radius 1 is 1.33 bits per heavy atom. The van der Waals surface area contributed by atoms with E-state index in [0.717, 1.165) is 22.7 Å². The Kier molecular flexibility index (Phi) is 5.84. The van der Waals surface area contributed by atoms with E-state index in [1.807, 2.05) is 29.6 Å². The van der Waals surface area contributed by atoms with Crippen LogP contribution in [0.4, 0.5) is 0 Å². The normalized spacial score (nSPS) is 12.0. The standard InChI is InChI=1S/C17H18ClNOS/c1-13(15-7-3-4-8-16(15)18)19(2)12-17-14(6-5-10-20)9-11-21-17/h3-4,7-9,11,13,20H,10,12H2,1-2H3. The van der Waals surface area contributed by atoms with Gasteiger partial charge in [0, 0.05) is 28.0 Å². The number of aliphatic hydroxyl groups is 1. The maximum absolute atomic E-state index is 8.81. The van der Waals surface area contributed by atoms with Crippen LogP contribution in [0.5, 0.6) is 0 Å². The van der Waals surface area contributed by atoms with Crippen LogP contribution in [0.1, 0.15) is 29.0 Å². The molecule has 0 fully saturated rings. The van der Waals surface area contributed by atoms with E-state index in [4.69, 9.17) is 16.7 Å². The monoisotopic (exact) mass is 319 g/mol. The van der Waals surface area contributed by atoms with Crippen LogP contribution in [0.2, 0.25) is 5.02 Å². The van der Waals surface area contributed by atoms with E-state index in [1.54, 1.807) is 11.3 Å². The molecule has 0 spiro atoms. The highest BCUT2D eigenvalue weighted by Gasteiger charge is 2.16. The topological polar surface area (TPSA) is 23.5 Å². The van der Waals surface area contributed by atoms with Crippen molar-refractivity contribution in [3.8, 4) is 11.8 Å². The summed E-state index contributed by atoms with van der Waals surface area (Å²) in [7, 11) is 2.08. The minimum Gasteiger partial charge on any atom is -0.384 e. The van der Waals surface area contributed by atoms with Crippen LogP contribution in [0.25, 0.3) is 0 Å². The number of hydrogen-bond donors (Lipinski definition) is 1. The second-order valence-corrected chi connectivity index (χ2v) is 6.24. The maximum Gasteiger partial charge on any atom is 0.104 e. The summed E-state index contributed by atoms with van der Waals surface area (Å²) in [5.41, 5.74) is 2.12. The van der Waals surface area contributed by atoms with Gasteiger partial charge in [0.25, 0.3) is 0 Å². The zero-order valence-corrected chi connectivity index (χ0v) is 13.7. The van der Waals surface area contributed by atoms with Crippen LogP contribution >= 0.6 is 22.9 Å². The van der Waals surface area contributed by atoms with Gasteiger partial charge in [-0.1, -0.05) is 41.6 Å². The van der Waals surface area contributed by atoms with Gasteiger partial charge in [-0.2, -0.15) is 0 Å². The van der Waals surface area contributed by atoms with Crippen molar-refractivity contribution >= 4 is 22.9 Å². The Balaban J connectivity index is 2.13. The zero-order valence-electron chi connectivity index (χ0n) is 12.1. The zero-order chi connectivity index (χ0) is 15.2. The Morgan fingerprint density at radius 3 is 2.81 bits per heavy atom. The fraction of sp³-hybridized carbons (Fsp3) is 0.294. The van der Waals surface area contributed by atoms with Crippen molar-refractivity contribution in [1.29, 1.82) is 0 Å². The molecule has 0 aliphatic heterocycles. The second kappa shape index (κ2) is 7.63. The molecule has 21 heavy (non-hydrogen) atoms. The number of aliphatic hydroxyl groups excluding tert-OH is 1. The minimum atomic E-state index is -0.110. The summed E-state index contributed by atoms with van der Waals surface area (Å²) in [6, 6.07) is 10.2. The maximum atomic E-state index is 8.81. The third-order valence-electron chi connectivity index (χ3n) is 3.46. The second-order valence-electron chi connectivity index (χ2n) is 4.83. The fourth-order valence-electron chi connectivity index (χ4n) is 2.12. The summed E-state index contributed by atoms with van der Waals surface area (Å²) < 4.78 is 0. The third kappa shape index (κ3) is 4.09. The lowest BCUT2D eigenvalue weighted by Gasteiger charge is -2.25. The quantitative estimate of drug-likeness (QED) is 0.863. The van der Waals surface area contributed by atoms with Gasteiger partial charge in [0.15, 0.2) is 0 Å². The van der Waals surface area contributed by atoms with E-state index >= 15 is 0 Å². The molecule has 2 rings (SSSR count). The summed E-state index contributed by atoms with van der Waals surface area (Å²) in [5, 5.41) is 11.6. The molecule has 1 N–H and O–H groups in total. The molecule has 0 radical (unpaired) electrons. The molecule has 1 atom stereocenters. The lowest BCUT2D eigenvalue weighted by molar-refractivity contribution is 0.255. The molecule has 2 aromatic rings. The van der Waals surface area contributed by atoms with Crippen molar-refractivity contribution in [3.63, 3.8) is 0 Å². The fourth-order valence-corrected chi connectivity index (χ4v) is 3.31. The van der Waals surface area contributed by atoms with Gasteiger partial charge >= 0.3 is 0 Å². The van der Waals surface area contributed by atoms with Crippen molar-refractivity contribution in [1.82, 2.24) is 4.90 Å². The molecule has 1 unspecified atom stereocenters. The summed E-state index contributed by atoms with van der Waals surface area (Å²) in [5.74, 6) is 5.70. The third-order valence-corrected chi connectivity index (χ3v) is 4.71. The van der Waals surface area contributed by atoms with Crippen LogP contribution in [0.3, 0.4) is 0 Å². The van der Waals surface area contributed by atoms with Crippen LogP contribution in [0, 0.1) is 11.8 Å². The lowest BCUT2D eigenvalue weighted by atomic mass is 10.1. The molecule has 0 amide bonds. The Bertz CT molecular complexity index is 656. The highest BCUT2D eigenvalue weighted by atomic mass is 35.5. The van der Waals surface area contributed by atoms with Gasteiger partial charge in [-0.15, -0.1) is 11.3 Å². The average Bonchev–Trinajstić information content (AvgIpc) is 2.92. The largest absolute Gasteiger partial charge is 0.384 e.